The first-order valence-electron chi connectivity index (χ1n) is 11.2. The van der Waals surface area contributed by atoms with Crippen LogP contribution >= 0.6 is 0 Å². The third kappa shape index (κ3) is 5.29. The van der Waals surface area contributed by atoms with Gasteiger partial charge >= 0.3 is 0 Å². The number of sulfonamides is 1. The van der Waals surface area contributed by atoms with Crippen LogP contribution < -0.4 is 0 Å². The van der Waals surface area contributed by atoms with Crippen LogP contribution in [0, 0.1) is 5.82 Å². The smallest absolute Gasteiger partial charge is 0.243 e. The largest absolute Gasteiger partial charge is 0.303 e. The molecule has 0 unspecified atom stereocenters. The molecule has 1 fully saturated rings. The fourth-order valence-corrected chi connectivity index (χ4v) is 6.12. The third-order valence-corrected chi connectivity index (χ3v) is 8.34. The van der Waals surface area contributed by atoms with Gasteiger partial charge in [0.25, 0.3) is 0 Å². The SMILES string of the molecule is CN(CCCC(=O)c1ccc(F)cc1)C1CCN(S(=O)(=O)c2cccc3cnccc23)CC1. The minimum Gasteiger partial charge on any atom is -0.303 e. The topological polar surface area (TPSA) is 70.6 Å². The predicted molar refractivity (Wildman–Crippen MR) is 126 cm³/mol. The average molecular weight is 470 g/mol. The minimum atomic E-state index is -3.58. The van der Waals surface area contributed by atoms with E-state index in [0.29, 0.717) is 41.8 Å². The van der Waals surface area contributed by atoms with E-state index in [-0.39, 0.29) is 17.6 Å². The molecule has 0 radical (unpaired) electrons. The molecule has 33 heavy (non-hydrogen) atoms. The summed E-state index contributed by atoms with van der Waals surface area (Å²) < 4.78 is 41.2. The molecule has 1 aromatic heterocycles. The summed E-state index contributed by atoms with van der Waals surface area (Å²) >= 11 is 0. The molecule has 6 nitrogen and oxygen atoms in total. The lowest BCUT2D eigenvalue weighted by atomic mass is 10.0. The van der Waals surface area contributed by atoms with E-state index in [1.807, 2.05) is 13.1 Å². The first-order valence-corrected chi connectivity index (χ1v) is 12.6. The normalized spacial score (nSPS) is 15.8. The number of carbonyl (C=O) groups is 1. The molecule has 0 bridgehead atoms. The fourth-order valence-electron chi connectivity index (χ4n) is 4.43. The van der Waals surface area contributed by atoms with Gasteiger partial charge in [-0.2, -0.15) is 4.31 Å². The van der Waals surface area contributed by atoms with Gasteiger partial charge in [0.1, 0.15) is 5.82 Å². The van der Waals surface area contributed by atoms with E-state index in [1.54, 1.807) is 34.9 Å². The van der Waals surface area contributed by atoms with Gasteiger partial charge in [0.05, 0.1) is 4.90 Å². The van der Waals surface area contributed by atoms with Gasteiger partial charge in [0.2, 0.25) is 10.0 Å². The molecule has 0 spiro atoms. The molecule has 174 valence electrons. The van der Waals surface area contributed by atoms with Gasteiger partial charge in [-0.05, 0) is 69.3 Å². The van der Waals surface area contributed by atoms with E-state index < -0.39 is 10.0 Å². The van der Waals surface area contributed by atoms with Crippen molar-refractivity contribution in [1.29, 1.82) is 0 Å². The van der Waals surface area contributed by atoms with Crippen LogP contribution in [0.1, 0.15) is 36.0 Å². The van der Waals surface area contributed by atoms with Crippen molar-refractivity contribution in [3.05, 3.63) is 72.3 Å². The molecule has 1 aliphatic rings. The molecule has 3 aromatic rings. The molecule has 8 heteroatoms. The van der Waals surface area contributed by atoms with Gasteiger partial charge in [0.15, 0.2) is 5.78 Å². The Morgan fingerprint density at radius 1 is 1.12 bits per heavy atom. The molecule has 0 atom stereocenters. The Morgan fingerprint density at radius 2 is 1.85 bits per heavy atom. The van der Waals surface area contributed by atoms with Crippen LogP contribution in [0.15, 0.2) is 65.8 Å². The number of ketones is 1. The first kappa shape index (κ1) is 23.5. The fraction of sp³-hybridized carbons (Fsp3) is 0.360. The lowest BCUT2D eigenvalue weighted by Crippen LogP contribution is -2.45. The maximum atomic E-state index is 13.3. The molecule has 0 amide bonds. The van der Waals surface area contributed by atoms with Crippen molar-refractivity contribution < 1.29 is 17.6 Å². The molecular formula is C25H28FN3O3S. The summed E-state index contributed by atoms with van der Waals surface area (Å²) in [7, 11) is -1.56. The standard InChI is InChI=1S/C25H28FN3O3S/c1-28(15-3-5-24(30)19-7-9-21(26)10-8-19)22-12-16-29(17-13-22)33(31,32)25-6-2-4-20-18-27-14-11-23(20)25/h2,4,6-11,14,18,22H,3,5,12-13,15-17H2,1H3. The number of hydrogen-bond donors (Lipinski definition) is 0. The number of nitrogens with zero attached hydrogens (tertiary/aromatic N) is 3. The highest BCUT2D eigenvalue weighted by Crippen LogP contribution is 2.28. The third-order valence-electron chi connectivity index (χ3n) is 6.39. The number of Topliss-reactive ketones (excluding diaryl/α,β-unsaturated/α-hetero) is 1. The monoisotopic (exact) mass is 469 g/mol. The predicted octanol–water partition coefficient (Wildman–Crippen LogP) is 4.12. The Bertz CT molecular complexity index is 1220. The van der Waals surface area contributed by atoms with E-state index in [4.69, 9.17) is 0 Å². The summed E-state index contributed by atoms with van der Waals surface area (Å²) in [5, 5.41) is 1.50. The summed E-state index contributed by atoms with van der Waals surface area (Å²) in [5.41, 5.74) is 0.529. The van der Waals surface area contributed by atoms with Crippen LogP contribution in [-0.4, -0.2) is 61.1 Å². The zero-order valence-electron chi connectivity index (χ0n) is 18.7. The molecule has 0 N–H and O–H groups in total. The van der Waals surface area contributed by atoms with Crippen LogP contribution in [0.2, 0.25) is 0 Å². The van der Waals surface area contributed by atoms with Crippen molar-refractivity contribution in [3.63, 3.8) is 0 Å². The quantitative estimate of drug-likeness (QED) is 0.464. The molecule has 2 heterocycles. The number of aromatic nitrogens is 1. The Hall–Kier alpha value is -2.68. The molecule has 0 saturated carbocycles. The maximum Gasteiger partial charge on any atom is 0.243 e. The highest BCUT2D eigenvalue weighted by molar-refractivity contribution is 7.89. The molecular weight excluding hydrogens is 441 g/mol. The average Bonchev–Trinajstić information content (AvgIpc) is 2.84. The molecule has 4 rings (SSSR count). The second-order valence-corrected chi connectivity index (χ2v) is 10.4. The van der Waals surface area contributed by atoms with Crippen LogP contribution in [0.3, 0.4) is 0 Å². The van der Waals surface area contributed by atoms with Crippen molar-refractivity contribution in [2.24, 2.45) is 0 Å². The van der Waals surface area contributed by atoms with Gasteiger partial charge in [-0.25, -0.2) is 12.8 Å². The second kappa shape index (κ2) is 10.1. The second-order valence-electron chi connectivity index (χ2n) is 8.50. The Kier molecular flexibility index (Phi) is 7.17. The number of benzene rings is 2. The van der Waals surface area contributed by atoms with Gasteiger partial charge in [-0.1, -0.05) is 12.1 Å². The number of hydrogen-bond acceptors (Lipinski definition) is 5. The van der Waals surface area contributed by atoms with E-state index in [0.717, 1.165) is 24.8 Å². The lowest BCUT2D eigenvalue weighted by molar-refractivity contribution is 0.0969. The first-order chi connectivity index (χ1) is 15.9. The molecule has 1 aliphatic heterocycles. The van der Waals surface area contributed by atoms with E-state index in [1.165, 1.54) is 24.3 Å². The summed E-state index contributed by atoms with van der Waals surface area (Å²) in [6.45, 7) is 1.68. The molecule has 2 aromatic carbocycles. The zero-order valence-corrected chi connectivity index (χ0v) is 19.5. The van der Waals surface area contributed by atoms with E-state index in [9.17, 15) is 17.6 Å². The van der Waals surface area contributed by atoms with Gasteiger partial charge < -0.3 is 4.90 Å². The van der Waals surface area contributed by atoms with Crippen molar-refractivity contribution in [1.82, 2.24) is 14.2 Å². The van der Waals surface area contributed by atoms with Crippen LogP contribution in [0.25, 0.3) is 10.8 Å². The Balaban J connectivity index is 1.30. The van der Waals surface area contributed by atoms with Crippen molar-refractivity contribution in [2.45, 2.75) is 36.6 Å². The van der Waals surface area contributed by atoms with E-state index >= 15 is 0 Å². The number of carbonyl (C=O) groups excluding carboxylic acids is 1. The maximum absolute atomic E-state index is 13.3. The van der Waals surface area contributed by atoms with Crippen LogP contribution in [0.4, 0.5) is 4.39 Å². The highest BCUT2D eigenvalue weighted by Gasteiger charge is 2.31. The van der Waals surface area contributed by atoms with Crippen LogP contribution in [-0.2, 0) is 10.0 Å². The number of rotatable bonds is 8. The summed E-state index contributed by atoms with van der Waals surface area (Å²) in [4.78, 5) is 18.9. The summed E-state index contributed by atoms with van der Waals surface area (Å²) in [6.07, 6.45) is 5.88. The summed E-state index contributed by atoms with van der Waals surface area (Å²) in [6, 6.07) is 12.9. The molecule has 0 aliphatic carbocycles. The van der Waals surface area contributed by atoms with Crippen LogP contribution in [0.5, 0.6) is 0 Å². The number of halogens is 1. The Morgan fingerprint density at radius 3 is 2.58 bits per heavy atom. The number of piperidine rings is 1. The van der Waals surface area contributed by atoms with Crippen molar-refractivity contribution in [2.75, 3.05) is 26.7 Å². The Labute approximate surface area is 194 Å². The highest BCUT2D eigenvalue weighted by atomic mass is 32.2. The van der Waals surface area contributed by atoms with Gasteiger partial charge in [0, 0.05) is 54.3 Å². The number of fused-ring (bicyclic) bond motifs is 1. The summed E-state index contributed by atoms with van der Waals surface area (Å²) in [5.74, 6) is -0.341. The van der Waals surface area contributed by atoms with Crippen molar-refractivity contribution in [3.8, 4) is 0 Å². The van der Waals surface area contributed by atoms with Crippen molar-refractivity contribution >= 4 is 26.6 Å². The van der Waals surface area contributed by atoms with Gasteiger partial charge in [-0.15, -0.1) is 0 Å². The number of pyridine rings is 1. The zero-order chi connectivity index (χ0) is 23.4. The lowest BCUT2D eigenvalue weighted by Gasteiger charge is -2.36. The molecule has 1 saturated heterocycles. The minimum absolute atomic E-state index is 0.00889. The van der Waals surface area contributed by atoms with E-state index in [2.05, 4.69) is 9.88 Å². The van der Waals surface area contributed by atoms with Gasteiger partial charge in [-0.3, -0.25) is 9.78 Å².